The molecule has 2 N–H and O–H groups in total. The van der Waals surface area contributed by atoms with Gasteiger partial charge in [0.1, 0.15) is 4.88 Å². The summed E-state index contributed by atoms with van der Waals surface area (Å²) in [5, 5.41) is 12.3. The number of aromatic nitrogens is 1. The maximum atomic E-state index is 12.1. The number of aryl methyl sites for hydroxylation is 2. The molecule has 0 aliphatic carbocycles. The van der Waals surface area contributed by atoms with Crippen molar-refractivity contribution in [1.82, 2.24) is 10.3 Å². The van der Waals surface area contributed by atoms with Gasteiger partial charge in [-0.15, -0.1) is 17.9 Å². The summed E-state index contributed by atoms with van der Waals surface area (Å²) in [6.45, 7) is 7.28. The van der Waals surface area contributed by atoms with Crippen LogP contribution in [0.2, 0.25) is 0 Å². The molecule has 1 unspecified atom stereocenters. The van der Waals surface area contributed by atoms with Crippen LogP contribution in [0.4, 0.5) is 0 Å². The molecule has 20 heavy (non-hydrogen) atoms. The van der Waals surface area contributed by atoms with Gasteiger partial charge in [-0.05, 0) is 13.3 Å². The maximum absolute atomic E-state index is 12.1. The van der Waals surface area contributed by atoms with Gasteiger partial charge in [0.25, 0.3) is 5.91 Å². The van der Waals surface area contributed by atoms with Crippen molar-refractivity contribution in [2.45, 2.75) is 26.3 Å². The number of aliphatic carboxylic acids is 1. The fraction of sp³-hybridized carbons (Fsp3) is 0.462. The van der Waals surface area contributed by atoms with Crippen LogP contribution in [0.1, 0.15) is 27.3 Å². The lowest BCUT2D eigenvalue weighted by Crippen LogP contribution is -2.44. The first-order valence-electron chi connectivity index (χ1n) is 6.18. The number of ether oxygens (including phenoxy) is 1. The lowest BCUT2D eigenvalue weighted by atomic mass is 10.3. The van der Waals surface area contributed by atoms with Gasteiger partial charge < -0.3 is 15.2 Å². The molecule has 1 atom stereocenters. The van der Waals surface area contributed by atoms with Crippen molar-refractivity contribution >= 4 is 23.2 Å². The third-order valence-electron chi connectivity index (χ3n) is 2.47. The summed E-state index contributed by atoms with van der Waals surface area (Å²) in [5.74, 6) is -1.57. The molecule has 0 saturated heterocycles. The Kier molecular flexibility index (Phi) is 6.33. The molecule has 0 fully saturated rings. The van der Waals surface area contributed by atoms with E-state index in [1.54, 1.807) is 6.92 Å². The number of amides is 1. The van der Waals surface area contributed by atoms with Crippen molar-refractivity contribution in [2.24, 2.45) is 0 Å². The van der Waals surface area contributed by atoms with E-state index >= 15 is 0 Å². The molecule has 1 rings (SSSR count). The Labute approximate surface area is 121 Å². The van der Waals surface area contributed by atoms with Crippen LogP contribution in [0.5, 0.6) is 0 Å². The Balaban J connectivity index is 2.71. The molecular formula is C13H18N2O4S. The summed E-state index contributed by atoms with van der Waals surface area (Å²) in [7, 11) is 0. The van der Waals surface area contributed by atoms with E-state index in [2.05, 4.69) is 16.9 Å². The van der Waals surface area contributed by atoms with Crippen LogP contribution in [-0.2, 0) is 16.0 Å². The average molecular weight is 298 g/mol. The van der Waals surface area contributed by atoms with Crippen LogP contribution in [-0.4, -0.2) is 41.2 Å². The van der Waals surface area contributed by atoms with Gasteiger partial charge in [0, 0.05) is 0 Å². The van der Waals surface area contributed by atoms with E-state index in [4.69, 9.17) is 9.84 Å². The molecule has 0 radical (unpaired) electrons. The Morgan fingerprint density at radius 1 is 1.60 bits per heavy atom. The van der Waals surface area contributed by atoms with Crippen LogP contribution in [0.25, 0.3) is 0 Å². The SMILES string of the molecule is C=CCOCC(NC(=O)c1sc(CC)nc1C)C(=O)O. The Bertz CT molecular complexity index is 499. The lowest BCUT2D eigenvalue weighted by molar-refractivity contribution is -0.140. The first-order chi connectivity index (χ1) is 9.49. The molecular weight excluding hydrogens is 280 g/mol. The quantitative estimate of drug-likeness (QED) is 0.559. The van der Waals surface area contributed by atoms with E-state index in [0.29, 0.717) is 10.6 Å². The zero-order chi connectivity index (χ0) is 15.1. The van der Waals surface area contributed by atoms with Crippen LogP contribution in [0.15, 0.2) is 12.7 Å². The summed E-state index contributed by atoms with van der Waals surface area (Å²) in [4.78, 5) is 27.8. The second-order valence-electron chi connectivity index (χ2n) is 4.07. The molecule has 0 saturated carbocycles. The predicted molar refractivity (Wildman–Crippen MR) is 76.1 cm³/mol. The minimum Gasteiger partial charge on any atom is -0.480 e. The van der Waals surface area contributed by atoms with Crippen LogP contribution < -0.4 is 5.32 Å². The molecule has 0 bridgehead atoms. The largest absolute Gasteiger partial charge is 0.480 e. The second-order valence-corrected chi connectivity index (χ2v) is 5.15. The molecule has 6 nitrogen and oxygen atoms in total. The normalized spacial score (nSPS) is 11.9. The molecule has 0 spiro atoms. The van der Waals surface area contributed by atoms with Crippen molar-refractivity contribution in [3.63, 3.8) is 0 Å². The predicted octanol–water partition coefficient (Wildman–Crippen LogP) is 1.40. The van der Waals surface area contributed by atoms with Gasteiger partial charge in [0.2, 0.25) is 0 Å². The van der Waals surface area contributed by atoms with Crippen molar-refractivity contribution in [1.29, 1.82) is 0 Å². The summed E-state index contributed by atoms with van der Waals surface area (Å²) in [6, 6.07) is -1.09. The Hall–Kier alpha value is -1.73. The summed E-state index contributed by atoms with van der Waals surface area (Å²) >= 11 is 1.28. The topological polar surface area (TPSA) is 88.5 Å². The van der Waals surface area contributed by atoms with Gasteiger partial charge in [-0.2, -0.15) is 0 Å². The number of rotatable bonds is 8. The van der Waals surface area contributed by atoms with Crippen LogP contribution in [0, 0.1) is 6.92 Å². The third kappa shape index (κ3) is 4.43. The van der Waals surface area contributed by atoms with E-state index < -0.39 is 17.9 Å². The number of nitrogens with one attached hydrogen (secondary N) is 1. The summed E-state index contributed by atoms with van der Waals surface area (Å²) < 4.78 is 5.07. The third-order valence-corrected chi connectivity index (χ3v) is 3.77. The smallest absolute Gasteiger partial charge is 0.328 e. The Morgan fingerprint density at radius 2 is 2.30 bits per heavy atom. The summed E-state index contributed by atoms with van der Waals surface area (Å²) in [5.41, 5.74) is 0.612. The number of hydrogen-bond acceptors (Lipinski definition) is 5. The highest BCUT2D eigenvalue weighted by Crippen LogP contribution is 2.18. The van der Waals surface area contributed by atoms with Gasteiger partial charge in [0.15, 0.2) is 6.04 Å². The molecule has 1 aromatic heterocycles. The van der Waals surface area contributed by atoms with Crippen molar-refractivity contribution in [3.8, 4) is 0 Å². The molecule has 0 aliphatic rings. The fourth-order valence-electron chi connectivity index (χ4n) is 1.48. The van der Waals surface area contributed by atoms with Crippen molar-refractivity contribution in [3.05, 3.63) is 28.2 Å². The second kappa shape index (κ2) is 7.76. The van der Waals surface area contributed by atoms with E-state index in [-0.39, 0.29) is 13.2 Å². The van der Waals surface area contributed by atoms with Gasteiger partial charge in [-0.1, -0.05) is 13.0 Å². The summed E-state index contributed by atoms with van der Waals surface area (Å²) in [6.07, 6.45) is 2.26. The van der Waals surface area contributed by atoms with E-state index in [1.165, 1.54) is 17.4 Å². The highest BCUT2D eigenvalue weighted by atomic mass is 32.1. The van der Waals surface area contributed by atoms with Gasteiger partial charge >= 0.3 is 5.97 Å². The zero-order valence-corrected chi connectivity index (χ0v) is 12.3. The van der Waals surface area contributed by atoms with Gasteiger partial charge in [0.05, 0.1) is 23.9 Å². The van der Waals surface area contributed by atoms with Crippen LogP contribution in [0.3, 0.4) is 0 Å². The van der Waals surface area contributed by atoms with E-state index in [9.17, 15) is 9.59 Å². The number of thiazole rings is 1. The molecule has 110 valence electrons. The lowest BCUT2D eigenvalue weighted by Gasteiger charge is -2.13. The average Bonchev–Trinajstić information content (AvgIpc) is 2.79. The fourth-order valence-corrected chi connectivity index (χ4v) is 2.39. The van der Waals surface area contributed by atoms with E-state index in [1.807, 2.05) is 6.92 Å². The number of carbonyl (C=O) groups excluding carboxylic acids is 1. The molecule has 1 heterocycles. The van der Waals surface area contributed by atoms with E-state index in [0.717, 1.165) is 11.4 Å². The number of carbonyl (C=O) groups is 2. The number of carboxylic acids is 1. The van der Waals surface area contributed by atoms with Crippen molar-refractivity contribution in [2.75, 3.05) is 13.2 Å². The highest BCUT2D eigenvalue weighted by Gasteiger charge is 2.23. The minimum atomic E-state index is -1.14. The van der Waals surface area contributed by atoms with Crippen molar-refractivity contribution < 1.29 is 19.4 Å². The monoisotopic (exact) mass is 298 g/mol. The minimum absolute atomic E-state index is 0.106. The highest BCUT2D eigenvalue weighted by molar-refractivity contribution is 7.13. The molecule has 7 heteroatoms. The number of hydrogen-bond donors (Lipinski definition) is 2. The van der Waals surface area contributed by atoms with Gasteiger partial charge in [-0.3, -0.25) is 4.79 Å². The maximum Gasteiger partial charge on any atom is 0.328 e. The van der Waals surface area contributed by atoms with Gasteiger partial charge in [-0.25, -0.2) is 9.78 Å². The zero-order valence-electron chi connectivity index (χ0n) is 11.5. The molecule has 0 aliphatic heterocycles. The molecule has 0 aromatic carbocycles. The first-order valence-corrected chi connectivity index (χ1v) is 6.99. The standard InChI is InChI=1S/C13H18N2O4S/c1-4-6-19-7-9(13(17)18)15-12(16)11-8(3)14-10(5-2)20-11/h4,9H,1,5-7H2,2-3H3,(H,15,16)(H,17,18). The number of nitrogens with zero attached hydrogens (tertiary/aromatic N) is 1. The molecule has 1 amide bonds. The number of carboxylic acid groups (broad SMARTS) is 1. The first kappa shape index (κ1) is 16.3. The molecule has 1 aromatic rings. The van der Waals surface area contributed by atoms with Crippen LogP contribution >= 0.6 is 11.3 Å². The Morgan fingerprint density at radius 3 is 2.80 bits per heavy atom.